The first kappa shape index (κ1) is 10.6. The summed E-state index contributed by atoms with van der Waals surface area (Å²) >= 11 is 2.57. The summed E-state index contributed by atoms with van der Waals surface area (Å²) in [5.74, 6) is 0. The van der Waals surface area contributed by atoms with Gasteiger partial charge in [-0.15, -0.1) is 0 Å². The van der Waals surface area contributed by atoms with Crippen molar-refractivity contribution >= 4 is 52.2 Å². The van der Waals surface area contributed by atoms with E-state index in [1.165, 1.54) is 23.7 Å². The predicted molar refractivity (Wildman–Crippen MR) is 74.2 cm³/mol. The van der Waals surface area contributed by atoms with E-state index in [-0.39, 0.29) is 0 Å². The molecule has 1 aromatic heterocycles. The highest BCUT2D eigenvalue weighted by Gasteiger charge is 2.19. The fourth-order valence-corrected chi connectivity index (χ4v) is 2.76. The van der Waals surface area contributed by atoms with E-state index in [2.05, 4.69) is 13.1 Å². The van der Waals surface area contributed by atoms with Crippen molar-refractivity contribution in [2.45, 2.75) is 0 Å². The highest BCUT2D eigenvalue weighted by Crippen LogP contribution is 2.26. The van der Waals surface area contributed by atoms with Gasteiger partial charge in [0.15, 0.2) is 0 Å². The van der Waals surface area contributed by atoms with Gasteiger partial charge in [-0.2, -0.15) is 8.75 Å². The van der Waals surface area contributed by atoms with Crippen LogP contribution in [0.3, 0.4) is 0 Å². The second-order valence-corrected chi connectivity index (χ2v) is 4.60. The summed E-state index contributed by atoms with van der Waals surface area (Å²) in [5, 5.41) is 7.89. The predicted octanol–water partition coefficient (Wildman–Crippen LogP) is 2.80. The second kappa shape index (κ2) is 4.05. The lowest BCUT2D eigenvalue weighted by Gasteiger charge is -2.13. The standard InChI is InChI=1S/C11H8N4S2/c1-16-14-10-6-3-5-9-11(15-17-13-9)7(6)2-4-8(10)12/h2-5,12H,1H3. The molecule has 2 aromatic rings. The molecule has 0 fully saturated rings. The summed E-state index contributed by atoms with van der Waals surface area (Å²) in [5.41, 5.74) is 4.92. The van der Waals surface area contributed by atoms with Gasteiger partial charge in [-0.05, 0) is 36.2 Å². The zero-order valence-corrected chi connectivity index (χ0v) is 10.6. The largest absolute Gasteiger partial charge is 0.299 e. The quantitative estimate of drug-likeness (QED) is 0.802. The minimum atomic E-state index is 0.439. The van der Waals surface area contributed by atoms with Gasteiger partial charge in [-0.3, -0.25) is 5.41 Å². The van der Waals surface area contributed by atoms with Gasteiger partial charge in [0.25, 0.3) is 0 Å². The van der Waals surface area contributed by atoms with E-state index in [1.807, 2.05) is 24.5 Å². The minimum Gasteiger partial charge on any atom is -0.299 e. The third-order valence-electron chi connectivity index (χ3n) is 2.58. The lowest BCUT2D eigenvalue weighted by Crippen LogP contribution is -2.16. The highest BCUT2D eigenvalue weighted by atomic mass is 32.2. The number of hydrogen-bond donors (Lipinski definition) is 1. The third-order valence-corrected chi connectivity index (χ3v) is 3.48. The van der Waals surface area contributed by atoms with Crippen molar-refractivity contribution in [1.29, 1.82) is 5.41 Å². The van der Waals surface area contributed by atoms with Gasteiger partial charge < -0.3 is 0 Å². The van der Waals surface area contributed by atoms with Crippen molar-refractivity contribution in [3.05, 3.63) is 29.3 Å². The van der Waals surface area contributed by atoms with Crippen molar-refractivity contribution in [2.24, 2.45) is 4.40 Å². The average molecular weight is 260 g/mol. The SMILES string of the molecule is CSN=C1C(=N)C=Cc2c1ccc1nsnc21. The van der Waals surface area contributed by atoms with E-state index in [9.17, 15) is 0 Å². The molecular formula is C11H8N4S2. The molecule has 1 heterocycles. The zero-order valence-electron chi connectivity index (χ0n) is 8.97. The van der Waals surface area contributed by atoms with Gasteiger partial charge in [0.05, 0.1) is 17.4 Å². The van der Waals surface area contributed by atoms with E-state index in [4.69, 9.17) is 5.41 Å². The molecule has 3 rings (SSSR count). The fourth-order valence-electron chi connectivity index (χ4n) is 1.83. The van der Waals surface area contributed by atoms with Crippen molar-refractivity contribution in [3.8, 4) is 0 Å². The first-order chi connectivity index (χ1) is 8.31. The molecule has 1 N–H and O–H groups in total. The molecule has 0 aliphatic heterocycles. The Morgan fingerprint density at radius 3 is 3.00 bits per heavy atom. The molecule has 1 aliphatic carbocycles. The van der Waals surface area contributed by atoms with Crippen LogP contribution in [0.4, 0.5) is 0 Å². The lowest BCUT2D eigenvalue weighted by molar-refractivity contribution is 1.52. The number of benzene rings is 1. The molecule has 0 spiro atoms. The van der Waals surface area contributed by atoms with Crippen LogP contribution in [-0.4, -0.2) is 26.4 Å². The van der Waals surface area contributed by atoms with Gasteiger partial charge in [-0.1, -0.05) is 0 Å². The Morgan fingerprint density at radius 2 is 2.18 bits per heavy atom. The van der Waals surface area contributed by atoms with Crippen molar-refractivity contribution in [2.75, 3.05) is 6.26 Å². The Morgan fingerprint density at radius 1 is 1.29 bits per heavy atom. The number of hydrogen-bond acceptors (Lipinski definition) is 6. The van der Waals surface area contributed by atoms with Crippen LogP contribution in [0, 0.1) is 5.41 Å². The van der Waals surface area contributed by atoms with Crippen molar-refractivity contribution < 1.29 is 0 Å². The summed E-state index contributed by atoms with van der Waals surface area (Å²) in [6, 6.07) is 3.89. The van der Waals surface area contributed by atoms with E-state index >= 15 is 0 Å². The molecule has 0 unspecified atom stereocenters. The number of nitrogens with one attached hydrogen (secondary N) is 1. The van der Waals surface area contributed by atoms with E-state index in [1.54, 1.807) is 6.08 Å². The molecule has 0 amide bonds. The van der Waals surface area contributed by atoms with Crippen LogP contribution >= 0.6 is 23.7 Å². The second-order valence-electron chi connectivity index (χ2n) is 3.53. The molecule has 84 valence electrons. The minimum absolute atomic E-state index is 0.439. The van der Waals surface area contributed by atoms with Gasteiger partial charge in [0.1, 0.15) is 16.7 Å². The van der Waals surface area contributed by atoms with E-state index < -0.39 is 0 Å². The lowest BCUT2D eigenvalue weighted by atomic mass is 9.93. The van der Waals surface area contributed by atoms with Gasteiger partial charge >= 0.3 is 0 Å². The number of allylic oxidation sites excluding steroid dienone is 1. The van der Waals surface area contributed by atoms with Crippen LogP contribution in [0.5, 0.6) is 0 Å². The third kappa shape index (κ3) is 1.60. The number of nitrogens with zero attached hydrogens (tertiary/aromatic N) is 3. The molecule has 0 saturated carbocycles. The van der Waals surface area contributed by atoms with Crippen LogP contribution in [-0.2, 0) is 0 Å². The van der Waals surface area contributed by atoms with Crippen LogP contribution in [0.15, 0.2) is 22.6 Å². The van der Waals surface area contributed by atoms with Gasteiger partial charge in [0.2, 0.25) is 0 Å². The molecular weight excluding hydrogens is 252 g/mol. The zero-order chi connectivity index (χ0) is 11.8. The topological polar surface area (TPSA) is 62.0 Å². The molecule has 1 aromatic carbocycles. The summed E-state index contributed by atoms with van der Waals surface area (Å²) < 4.78 is 12.8. The molecule has 0 radical (unpaired) electrons. The molecule has 6 heteroatoms. The Kier molecular flexibility index (Phi) is 2.53. The Hall–Kier alpha value is -1.53. The molecule has 0 bridgehead atoms. The Bertz CT molecular complexity index is 669. The summed E-state index contributed by atoms with van der Waals surface area (Å²) in [6.45, 7) is 0. The van der Waals surface area contributed by atoms with E-state index in [0.29, 0.717) is 11.4 Å². The molecule has 1 aliphatic rings. The van der Waals surface area contributed by atoms with Crippen LogP contribution < -0.4 is 0 Å². The first-order valence-corrected chi connectivity index (χ1v) is 6.86. The normalized spacial score (nSPS) is 16.8. The molecule has 17 heavy (non-hydrogen) atoms. The number of rotatable bonds is 1. The van der Waals surface area contributed by atoms with Gasteiger partial charge in [-0.25, -0.2) is 4.40 Å². The summed E-state index contributed by atoms with van der Waals surface area (Å²) in [4.78, 5) is 0. The Labute approximate surface area is 106 Å². The maximum Gasteiger partial charge on any atom is 0.112 e. The smallest absolute Gasteiger partial charge is 0.112 e. The Balaban J connectivity index is 2.34. The molecule has 0 atom stereocenters. The first-order valence-electron chi connectivity index (χ1n) is 4.95. The van der Waals surface area contributed by atoms with Crippen molar-refractivity contribution in [1.82, 2.24) is 8.75 Å². The van der Waals surface area contributed by atoms with Crippen molar-refractivity contribution in [3.63, 3.8) is 0 Å². The fraction of sp³-hybridized carbons (Fsp3) is 0.0909. The van der Waals surface area contributed by atoms with Crippen LogP contribution in [0.2, 0.25) is 0 Å². The monoisotopic (exact) mass is 260 g/mol. The maximum atomic E-state index is 7.89. The number of fused-ring (bicyclic) bond motifs is 3. The molecule has 4 nitrogen and oxygen atoms in total. The van der Waals surface area contributed by atoms with Gasteiger partial charge in [0, 0.05) is 17.4 Å². The maximum absolute atomic E-state index is 7.89. The summed E-state index contributed by atoms with van der Waals surface area (Å²) in [6.07, 6.45) is 5.57. The van der Waals surface area contributed by atoms with Crippen LogP contribution in [0.1, 0.15) is 11.1 Å². The van der Waals surface area contributed by atoms with E-state index in [0.717, 1.165) is 22.2 Å². The molecule has 0 saturated heterocycles. The average Bonchev–Trinajstić information content (AvgIpc) is 2.80. The highest BCUT2D eigenvalue weighted by molar-refractivity contribution is 7.97. The summed E-state index contributed by atoms with van der Waals surface area (Å²) in [7, 11) is 0. The number of aromatic nitrogens is 2. The van der Waals surface area contributed by atoms with Crippen LogP contribution in [0.25, 0.3) is 17.1 Å².